The van der Waals surface area contributed by atoms with Gasteiger partial charge in [0.15, 0.2) is 0 Å². The number of hydrazine groups is 1. The average Bonchev–Trinajstić information content (AvgIpc) is 2.55. The summed E-state index contributed by atoms with van der Waals surface area (Å²) in [6.45, 7) is 3.91. The van der Waals surface area contributed by atoms with E-state index in [0.29, 0.717) is 17.9 Å². The molecule has 0 unspecified atom stereocenters. The van der Waals surface area contributed by atoms with E-state index < -0.39 is 17.8 Å². The second-order valence-electron chi connectivity index (χ2n) is 4.20. The van der Waals surface area contributed by atoms with E-state index in [-0.39, 0.29) is 12.8 Å². The molecule has 0 atom stereocenters. The Morgan fingerprint density at radius 1 is 1.14 bits per heavy atom. The molecule has 0 aromatic heterocycles. The number of hydrogen-bond acceptors (Lipinski definition) is 5. The zero-order valence-corrected chi connectivity index (χ0v) is 12.3. The zero-order valence-electron chi connectivity index (χ0n) is 12.3. The van der Waals surface area contributed by atoms with Crippen molar-refractivity contribution in [3.05, 3.63) is 42.5 Å². The molecule has 118 valence electrons. The maximum atomic E-state index is 11.8. The Labute approximate surface area is 128 Å². The lowest BCUT2D eigenvalue weighted by molar-refractivity contribution is -0.142. The fourth-order valence-electron chi connectivity index (χ4n) is 1.44. The van der Waals surface area contributed by atoms with E-state index in [4.69, 9.17) is 4.74 Å². The average molecular weight is 306 g/mol. The SMILES string of the molecule is C=CCOc1ccc(C(=O)NNC(=O)CCC(=O)OC)cc1. The van der Waals surface area contributed by atoms with Gasteiger partial charge in [0.1, 0.15) is 12.4 Å². The molecular weight excluding hydrogens is 288 g/mol. The van der Waals surface area contributed by atoms with Gasteiger partial charge in [-0.3, -0.25) is 25.2 Å². The quantitative estimate of drug-likeness (QED) is 0.445. The lowest BCUT2D eigenvalue weighted by Gasteiger charge is -2.08. The van der Waals surface area contributed by atoms with Crippen molar-refractivity contribution >= 4 is 17.8 Å². The standard InChI is InChI=1S/C15H18N2O5/c1-3-10-22-12-6-4-11(5-7-12)15(20)17-16-13(18)8-9-14(19)21-2/h3-7H,1,8-10H2,2H3,(H,16,18)(H,17,20). The molecule has 0 aliphatic carbocycles. The van der Waals surface area contributed by atoms with Gasteiger partial charge in [0.05, 0.1) is 13.5 Å². The Kier molecular flexibility index (Phi) is 7.18. The first-order chi connectivity index (χ1) is 10.6. The smallest absolute Gasteiger partial charge is 0.306 e. The van der Waals surface area contributed by atoms with Crippen molar-refractivity contribution in [3.63, 3.8) is 0 Å². The first kappa shape index (κ1) is 17.2. The molecule has 0 saturated heterocycles. The monoisotopic (exact) mass is 306 g/mol. The number of methoxy groups -OCH3 is 1. The van der Waals surface area contributed by atoms with E-state index in [2.05, 4.69) is 22.2 Å². The number of carbonyl (C=O) groups excluding carboxylic acids is 3. The van der Waals surface area contributed by atoms with Crippen LogP contribution in [0.3, 0.4) is 0 Å². The van der Waals surface area contributed by atoms with Crippen LogP contribution in [0, 0.1) is 0 Å². The van der Waals surface area contributed by atoms with Crippen molar-refractivity contribution in [1.82, 2.24) is 10.9 Å². The second-order valence-corrected chi connectivity index (χ2v) is 4.20. The lowest BCUT2D eigenvalue weighted by atomic mass is 10.2. The summed E-state index contributed by atoms with van der Waals surface area (Å²) in [4.78, 5) is 34.1. The van der Waals surface area contributed by atoms with Gasteiger partial charge >= 0.3 is 5.97 Å². The number of hydrogen-bond donors (Lipinski definition) is 2. The van der Waals surface area contributed by atoms with Gasteiger partial charge in [-0.2, -0.15) is 0 Å². The highest BCUT2D eigenvalue weighted by Gasteiger charge is 2.09. The molecule has 1 aromatic carbocycles. The Balaban J connectivity index is 2.40. The third-order valence-electron chi connectivity index (χ3n) is 2.58. The summed E-state index contributed by atoms with van der Waals surface area (Å²) >= 11 is 0. The molecule has 7 heteroatoms. The molecule has 2 amide bonds. The Morgan fingerprint density at radius 3 is 2.41 bits per heavy atom. The molecule has 0 aliphatic heterocycles. The third kappa shape index (κ3) is 6.08. The van der Waals surface area contributed by atoms with Gasteiger partial charge in [0.2, 0.25) is 5.91 Å². The number of rotatable bonds is 7. The summed E-state index contributed by atoms with van der Waals surface area (Å²) < 4.78 is 9.70. The van der Waals surface area contributed by atoms with Gasteiger partial charge < -0.3 is 9.47 Å². The van der Waals surface area contributed by atoms with Gasteiger partial charge in [-0.15, -0.1) is 0 Å². The number of benzene rings is 1. The molecule has 0 radical (unpaired) electrons. The van der Waals surface area contributed by atoms with Crippen molar-refractivity contribution < 1.29 is 23.9 Å². The summed E-state index contributed by atoms with van der Waals surface area (Å²) in [7, 11) is 1.24. The first-order valence-corrected chi connectivity index (χ1v) is 6.56. The molecule has 1 aromatic rings. The van der Waals surface area contributed by atoms with Crippen LogP contribution in [0.15, 0.2) is 36.9 Å². The van der Waals surface area contributed by atoms with E-state index in [1.165, 1.54) is 7.11 Å². The molecule has 1 rings (SSSR count). The van der Waals surface area contributed by atoms with Crippen LogP contribution in [0.4, 0.5) is 0 Å². The highest BCUT2D eigenvalue weighted by atomic mass is 16.5. The van der Waals surface area contributed by atoms with E-state index in [9.17, 15) is 14.4 Å². The maximum absolute atomic E-state index is 11.8. The first-order valence-electron chi connectivity index (χ1n) is 6.56. The van der Waals surface area contributed by atoms with E-state index in [1.807, 2.05) is 0 Å². The largest absolute Gasteiger partial charge is 0.490 e. The molecular formula is C15H18N2O5. The molecule has 0 fully saturated rings. The van der Waals surface area contributed by atoms with Crippen LogP contribution in [-0.2, 0) is 14.3 Å². The molecule has 7 nitrogen and oxygen atoms in total. The predicted molar refractivity (Wildman–Crippen MR) is 79.0 cm³/mol. The molecule has 0 aliphatic rings. The molecule has 0 spiro atoms. The van der Waals surface area contributed by atoms with Gasteiger partial charge in [-0.1, -0.05) is 12.7 Å². The van der Waals surface area contributed by atoms with Crippen molar-refractivity contribution in [1.29, 1.82) is 0 Å². The number of ether oxygens (including phenoxy) is 2. The van der Waals surface area contributed by atoms with E-state index in [1.54, 1.807) is 30.3 Å². The van der Waals surface area contributed by atoms with E-state index >= 15 is 0 Å². The minimum Gasteiger partial charge on any atom is -0.490 e. The summed E-state index contributed by atoms with van der Waals surface area (Å²) in [6, 6.07) is 6.40. The van der Waals surface area contributed by atoms with Gasteiger partial charge in [0, 0.05) is 12.0 Å². The van der Waals surface area contributed by atoms with Crippen LogP contribution in [0.1, 0.15) is 23.2 Å². The third-order valence-corrected chi connectivity index (χ3v) is 2.58. The second kappa shape index (κ2) is 9.17. The molecule has 2 N–H and O–H groups in total. The summed E-state index contributed by atoms with van der Waals surface area (Å²) in [5.41, 5.74) is 4.83. The van der Waals surface area contributed by atoms with Crippen LogP contribution in [-0.4, -0.2) is 31.5 Å². The topological polar surface area (TPSA) is 93.7 Å². The summed E-state index contributed by atoms with van der Waals surface area (Å²) in [5.74, 6) is -0.832. The molecule has 22 heavy (non-hydrogen) atoms. The minimum absolute atomic E-state index is 0.0481. The van der Waals surface area contributed by atoms with Crippen LogP contribution >= 0.6 is 0 Å². The van der Waals surface area contributed by atoms with Crippen molar-refractivity contribution in [2.75, 3.05) is 13.7 Å². The summed E-state index contributed by atoms with van der Waals surface area (Å²) in [6.07, 6.45) is 1.50. The molecule has 0 saturated carbocycles. The summed E-state index contributed by atoms with van der Waals surface area (Å²) in [5, 5.41) is 0. The number of carbonyl (C=O) groups is 3. The van der Waals surface area contributed by atoms with E-state index in [0.717, 1.165) is 0 Å². The Morgan fingerprint density at radius 2 is 1.82 bits per heavy atom. The fraction of sp³-hybridized carbons (Fsp3) is 0.267. The van der Waals surface area contributed by atoms with Crippen LogP contribution in [0.2, 0.25) is 0 Å². The van der Waals surface area contributed by atoms with Crippen LogP contribution in [0.5, 0.6) is 5.75 Å². The zero-order chi connectivity index (χ0) is 16.4. The van der Waals surface area contributed by atoms with Gasteiger partial charge in [-0.05, 0) is 24.3 Å². The van der Waals surface area contributed by atoms with Gasteiger partial charge in [0.25, 0.3) is 5.91 Å². The predicted octanol–water partition coefficient (Wildman–Crippen LogP) is 0.966. The molecule has 0 bridgehead atoms. The lowest BCUT2D eigenvalue weighted by Crippen LogP contribution is -2.41. The Hall–Kier alpha value is -2.83. The highest BCUT2D eigenvalue weighted by molar-refractivity contribution is 5.95. The maximum Gasteiger partial charge on any atom is 0.306 e. The van der Waals surface area contributed by atoms with Crippen LogP contribution in [0.25, 0.3) is 0 Å². The van der Waals surface area contributed by atoms with Crippen molar-refractivity contribution in [3.8, 4) is 5.75 Å². The van der Waals surface area contributed by atoms with Gasteiger partial charge in [-0.25, -0.2) is 0 Å². The van der Waals surface area contributed by atoms with Crippen LogP contribution < -0.4 is 15.6 Å². The highest BCUT2D eigenvalue weighted by Crippen LogP contribution is 2.11. The molecule has 0 heterocycles. The minimum atomic E-state index is -0.489. The fourth-order valence-corrected chi connectivity index (χ4v) is 1.44. The normalized spacial score (nSPS) is 9.50. The Bertz CT molecular complexity index is 539. The van der Waals surface area contributed by atoms with Crippen molar-refractivity contribution in [2.45, 2.75) is 12.8 Å². The number of amides is 2. The number of esters is 1. The number of nitrogens with one attached hydrogen (secondary N) is 2. The van der Waals surface area contributed by atoms with Crippen molar-refractivity contribution in [2.24, 2.45) is 0 Å².